The molecule has 4 aromatic carbocycles. The summed E-state index contributed by atoms with van der Waals surface area (Å²) >= 11 is 12.6. The molecule has 8 nitrogen and oxygen atoms in total. The molecule has 0 bridgehead atoms. The third kappa shape index (κ3) is 8.81. The van der Waals surface area contributed by atoms with Crippen molar-refractivity contribution in [3.63, 3.8) is 0 Å². The molecule has 0 fully saturated rings. The number of carbonyl (C=O) groups is 2. The van der Waals surface area contributed by atoms with Crippen LogP contribution in [0.15, 0.2) is 108 Å². The molecule has 46 heavy (non-hydrogen) atoms. The van der Waals surface area contributed by atoms with Gasteiger partial charge in [-0.15, -0.1) is 0 Å². The Morgan fingerprint density at radius 3 is 2.17 bits per heavy atom. The number of benzene rings is 4. The number of carbonyl (C=O) groups excluding carboxylic acids is 2. The molecule has 11 heteroatoms. The van der Waals surface area contributed by atoms with Gasteiger partial charge in [-0.3, -0.25) is 13.9 Å². The summed E-state index contributed by atoms with van der Waals surface area (Å²) in [7, 11) is -4.32. The van der Waals surface area contributed by atoms with E-state index in [2.05, 4.69) is 5.32 Å². The van der Waals surface area contributed by atoms with Crippen LogP contribution in [0.4, 0.5) is 5.69 Å². The van der Waals surface area contributed by atoms with Crippen molar-refractivity contribution >= 4 is 50.7 Å². The standard InChI is InChI=1S/C35H37Cl2N3O5S/c1-3-22-38-35(42)32(23-26-12-6-5-7-13-26)39(24-27-14-8-9-15-30(27)37)34(41)25-40(31-16-10-11-17-33(31)45-4-2)46(43,44)29-20-18-28(36)19-21-29/h5-21,32H,3-4,22-25H2,1-2H3,(H,38,42)/t32-/m1/s1. The lowest BCUT2D eigenvalue weighted by Crippen LogP contribution is -2.53. The van der Waals surface area contributed by atoms with Crippen LogP contribution in [0.1, 0.15) is 31.4 Å². The molecule has 4 rings (SSSR count). The summed E-state index contributed by atoms with van der Waals surface area (Å²) in [4.78, 5) is 29.7. The van der Waals surface area contributed by atoms with E-state index in [9.17, 15) is 18.0 Å². The van der Waals surface area contributed by atoms with Gasteiger partial charge >= 0.3 is 0 Å². The molecule has 0 aliphatic carbocycles. The van der Waals surface area contributed by atoms with Gasteiger partial charge in [-0.05, 0) is 66.9 Å². The van der Waals surface area contributed by atoms with Gasteiger partial charge in [-0.2, -0.15) is 0 Å². The summed E-state index contributed by atoms with van der Waals surface area (Å²) in [5, 5.41) is 3.71. The number of ether oxygens (including phenoxy) is 1. The summed E-state index contributed by atoms with van der Waals surface area (Å²) in [5.41, 5.74) is 1.63. The predicted octanol–water partition coefficient (Wildman–Crippen LogP) is 6.75. The van der Waals surface area contributed by atoms with Gasteiger partial charge in [-0.1, -0.05) is 90.8 Å². The first-order valence-electron chi connectivity index (χ1n) is 15.0. The Balaban J connectivity index is 1.84. The molecule has 2 amide bonds. The van der Waals surface area contributed by atoms with Crippen LogP contribution in [0.25, 0.3) is 0 Å². The van der Waals surface area contributed by atoms with E-state index in [4.69, 9.17) is 27.9 Å². The molecule has 0 aliphatic rings. The van der Waals surface area contributed by atoms with Crippen molar-refractivity contribution in [1.29, 1.82) is 0 Å². The maximum absolute atomic E-state index is 14.6. The zero-order chi connectivity index (χ0) is 33.1. The lowest BCUT2D eigenvalue weighted by atomic mass is 10.0. The van der Waals surface area contributed by atoms with Crippen molar-refractivity contribution < 1.29 is 22.7 Å². The van der Waals surface area contributed by atoms with Gasteiger partial charge in [0, 0.05) is 29.6 Å². The largest absolute Gasteiger partial charge is 0.492 e. The third-order valence-electron chi connectivity index (χ3n) is 7.23. The molecular formula is C35H37Cl2N3O5S. The first kappa shape index (κ1) is 34.8. The van der Waals surface area contributed by atoms with Crippen LogP contribution in [-0.2, 0) is 32.6 Å². The van der Waals surface area contributed by atoms with Crippen LogP contribution >= 0.6 is 23.2 Å². The van der Waals surface area contributed by atoms with Crippen molar-refractivity contribution in [3.05, 3.63) is 124 Å². The number of sulfonamides is 1. The topological polar surface area (TPSA) is 96.0 Å². The van der Waals surface area contributed by atoms with Crippen molar-refractivity contribution in [1.82, 2.24) is 10.2 Å². The minimum atomic E-state index is -4.32. The Labute approximate surface area is 280 Å². The molecule has 0 radical (unpaired) electrons. The van der Waals surface area contributed by atoms with Gasteiger partial charge in [0.25, 0.3) is 10.0 Å². The van der Waals surface area contributed by atoms with Crippen molar-refractivity contribution in [2.45, 2.75) is 44.2 Å². The van der Waals surface area contributed by atoms with Crippen LogP contribution in [0.2, 0.25) is 10.0 Å². The molecule has 0 aromatic heterocycles. The summed E-state index contributed by atoms with van der Waals surface area (Å²) in [6, 6.07) is 27.8. The van der Waals surface area contributed by atoms with Gasteiger partial charge in [0.1, 0.15) is 18.3 Å². The number of amides is 2. The van der Waals surface area contributed by atoms with Gasteiger partial charge < -0.3 is 15.0 Å². The SMILES string of the molecule is CCCNC(=O)[C@@H](Cc1ccccc1)N(Cc1ccccc1Cl)C(=O)CN(c1ccccc1OCC)S(=O)(=O)c1ccc(Cl)cc1. The summed E-state index contributed by atoms with van der Waals surface area (Å²) in [6.45, 7) is 3.76. The third-order valence-corrected chi connectivity index (χ3v) is 9.63. The number of hydrogen-bond acceptors (Lipinski definition) is 5. The molecule has 4 aromatic rings. The number of hydrogen-bond donors (Lipinski definition) is 1. The first-order valence-corrected chi connectivity index (χ1v) is 17.2. The maximum atomic E-state index is 14.6. The summed E-state index contributed by atoms with van der Waals surface area (Å²) in [5.74, 6) is -0.668. The average molecular weight is 683 g/mol. The lowest BCUT2D eigenvalue weighted by molar-refractivity contribution is -0.140. The molecule has 0 heterocycles. The monoisotopic (exact) mass is 681 g/mol. The minimum Gasteiger partial charge on any atom is -0.492 e. The molecule has 0 saturated carbocycles. The molecule has 1 N–H and O–H groups in total. The normalized spacial score (nSPS) is 11.8. The second-order valence-electron chi connectivity index (χ2n) is 10.5. The van der Waals surface area contributed by atoms with E-state index in [1.807, 2.05) is 37.3 Å². The Bertz CT molecular complexity index is 1720. The van der Waals surface area contributed by atoms with Crippen LogP contribution in [0.5, 0.6) is 5.75 Å². The summed E-state index contributed by atoms with van der Waals surface area (Å²) in [6.07, 6.45) is 0.898. The van der Waals surface area contributed by atoms with Gasteiger partial charge in [0.05, 0.1) is 17.2 Å². The highest BCUT2D eigenvalue weighted by atomic mass is 35.5. The quantitative estimate of drug-likeness (QED) is 0.150. The van der Waals surface area contributed by atoms with Crippen molar-refractivity contribution in [2.24, 2.45) is 0 Å². The van der Waals surface area contributed by atoms with Crippen LogP contribution < -0.4 is 14.4 Å². The fourth-order valence-corrected chi connectivity index (χ4v) is 6.66. The van der Waals surface area contributed by atoms with Crippen LogP contribution in [0, 0.1) is 0 Å². The molecule has 0 spiro atoms. The van der Waals surface area contributed by atoms with Crippen molar-refractivity contribution in [2.75, 3.05) is 24.0 Å². The predicted molar refractivity (Wildman–Crippen MR) is 183 cm³/mol. The smallest absolute Gasteiger partial charge is 0.264 e. The molecule has 1 atom stereocenters. The highest BCUT2D eigenvalue weighted by molar-refractivity contribution is 7.92. The Hall–Kier alpha value is -4.05. The molecular weight excluding hydrogens is 645 g/mol. The Kier molecular flexibility index (Phi) is 12.5. The van der Waals surface area contributed by atoms with E-state index in [0.717, 1.165) is 9.87 Å². The van der Waals surface area contributed by atoms with E-state index >= 15 is 0 Å². The van der Waals surface area contributed by atoms with Gasteiger partial charge in [0.15, 0.2) is 0 Å². The Morgan fingerprint density at radius 1 is 0.848 bits per heavy atom. The second-order valence-corrected chi connectivity index (χ2v) is 13.2. The maximum Gasteiger partial charge on any atom is 0.264 e. The number of nitrogens with zero attached hydrogens (tertiary/aromatic N) is 2. The molecule has 0 aliphatic heterocycles. The zero-order valence-electron chi connectivity index (χ0n) is 25.7. The highest BCUT2D eigenvalue weighted by Crippen LogP contribution is 2.33. The zero-order valence-corrected chi connectivity index (χ0v) is 28.1. The number of rotatable bonds is 15. The van der Waals surface area contributed by atoms with Crippen LogP contribution in [-0.4, -0.2) is 50.9 Å². The Morgan fingerprint density at radius 2 is 1.50 bits per heavy atom. The van der Waals surface area contributed by atoms with E-state index in [1.165, 1.54) is 29.2 Å². The highest BCUT2D eigenvalue weighted by Gasteiger charge is 2.35. The van der Waals surface area contributed by atoms with E-state index < -0.39 is 28.5 Å². The molecule has 0 unspecified atom stereocenters. The minimum absolute atomic E-state index is 0.0303. The lowest BCUT2D eigenvalue weighted by Gasteiger charge is -2.34. The first-order chi connectivity index (χ1) is 22.1. The van der Waals surface area contributed by atoms with E-state index in [0.29, 0.717) is 28.6 Å². The molecule has 242 valence electrons. The van der Waals surface area contributed by atoms with Gasteiger partial charge in [0.2, 0.25) is 11.8 Å². The fourth-order valence-electron chi connectivity index (χ4n) is 4.92. The van der Waals surface area contributed by atoms with Crippen molar-refractivity contribution in [3.8, 4) is 5.75 Å². The number of halogens is 2. The van der Waals surface area contributed by atoms with Crippen LogP contribution in [0.3, 0.4) is 0 Å². The van der Waals surface area contributed by atoms with E-state index in [1.54, 1.807) is 55.5 Å². The fraction of sp³-hybridized carbons (Fsp3) is 0.257. The average Bonchev–Trinajstić information content (AvgIpc) is 3.06. The van der Waals surface area contributed by atoms with E-state index in [-0.39, 0.29) is 41.8 Å². The van der Waals surface area contributed by atoms with Gasteiger partial charge in [-0.25, -0.2) is 8.42 Å². The number of anilines is 1. The second kappa shape index (κ2) is 16.5. The number of nitrogens with one attached hydrogen (secondary N) is 1. The molecule has 0 saturated heterocycles. The number of para-hydroxylation sites is 2. The summed E-state index contributed by atoms with van der Waals surface area (Å²) < 4.78 is 35.3.